The van der Waals surface area contributed by atoms with Gasteiger partial charge in [0, 0.05) is 30.6 Å². The summed E-state index contributed by atoms with van der Waals surface area (Å²) in [5.74, 6) is 0.977. The number of hydrogen-bond acceptors (Lipinski definition) is 5. The summed E-state index contributed by atoms with van der Waals surface area (Å²) in [6, 6.07) is 0.258. The standard InChI is InChI=1S/C10H15N5S/c1-7-12-5-9(16-7)8(11-2)4-10-13-6-14-15(10)3/h5-6,8,11H,4H2,1-3H3. The molecule has 1 N–H and O–H groups in total. The molecule has 0 aliphatic rings. The highest BCUT2D eigenvalue weighted by Gasteiger charge is 2.15. The first-order valence-corrected chi connectivity index (χ1v) is 5.95. The van der Waals surface area contributed by atoms with E-state index < -0.39 is 0 Å². The third-order valence-corrected chi connectivity index (χ3v) is 3.55. The molecule has 1 atom stereocenters. The van der Waals surface area contributed by atoms with Crippen LogP contribution in [-0.2, 0) is 13.5 Å². The van der Waals surface area contributed by atoms with Gasteiger partial charge >= 0.3 is 0 Å². The van der Waals surface area contributed by atoms with Gasteiger partial charge in [-0.15, -0.1) is 11.3 Å². The number of rotatable bonds is 4. The van der Waals surface area contributed by atoms with Crippen molar-refractivity contribution in [3.8, 4) is 0 Å². The van der Waals surface area contributed by atoms with E-state index >= 15 is 0 Å². The molecule has 0 fully saturated rings. The van der Waals surface area contributed by atoms with Crippen LogP contribution in [0.2, 0.25) is 0 Å². The molecule has 0 amide bonds. The van der Waals surface area contributed by atoms with Crippen LogP contribution in [0.3, 0.4) is 0 Å². The van der Waals surface area contributed by atoms with Crippen molar-refractivity contribution < 1.29 is 0 Å². The van der Waals surface area contributed by atoms with E-state index in [-0.39, 0.29) is 6.04 Å². The molecule has 2 aromatic rings. The monoisotopic (exact) mass is 237 g/mol. The van der Waals surface area contributed by atoms with Gasteiger partial charge in [0.25, 0.3) is 0 Å². The van der Waals surface area contributed by atoms with Gasteiger partial charge in [-0.05, 0) is 14.0 Å². The molecule has 0 aromatic carbocycles. The second-order valence-corrected chi connectivity index (χ2v) is 4.89. The van der Waals surface area contributed by atoms with Crippen LogP contribution in [-0.4, -0.2) is 26.8 Å². The topological polar surface area (TPSA) is 55.6 Å². The summed E-state index contributed by atoms with van der Waals surface area (Å²) in [6.45, 7) is 2.02. The summed E-state index contributed by atoms with van der Waals surface area (Å²) in [6.07, 6.45) is 4.34. The van der Waals surface area contributed by atoms with E-state index in [2.05, 4.69) is 20.4 Å². The van der Waals surface area contributed by atoms with Gasteiger partial charge in [0.05, 0.1) is 5.01 Å². The number of likely N-dealkylation sites (N-methyl/N-ethyl adjacent to an activating group) is 1. The summed E-state index contributed by atoms with van der Waals surface area (Å²) in [7, 11) is 3.86. The molecular formula is C10H15N5S. The molecule has 0 saturated heterocycles. The Hall–Kier alpha value is -1.27. The molecule has 0 aliphatic carbocycles. The Balaban J connectivity index is 2.15. The fraction of sp³-hybridized carbons (Fsp3) is 0.500. The average molecular weight is 237 g/mol. The maximum absolute atomic E-state index is 4.27. The van der Waals surface area contributed by atoms with E-state index in [1.165, 1.54) is 4.88 Å². The van der Waals surface area contributed by atoms with Gasteiger partial charge in [-0.3, -0.25) is 4.68 Å². The van der Waals surface area contributed by atoms with Crippen molar-refractivity contribution >= 4 is 11.3 Å². The minimum atomic E-state index is 0.258. The molecule has 5 nitrogen and oxygen atoms in total. The third kappa shape index (κ3) is 2.28. The maximum atomic E-state index is 4.27. The number of aromatic nitrogens is 4. The van der Waals surface area contributed by atoms with Crippen LogP contribution in [0.4, 0.5) is 0 Å². The van der Waals surface area contributed by atoms with Crippen molar-refractivity contribution in [2.45, 2.75) is 19.4 Å². The summed E-state index contributed by atoms with van der Waals surface area (Å²) < 4.78 is 1.80. The molecule has 6 heteroatoms. The summed E-state index contributed by atoms with van der Waals surface area (Å²) >= 11 is 1.72. The number of aryl methyl sites for hydroxylation is 2. The van der Waals surface area contributed by atoms with Crippen molar-refractivity contribution in [3.05, 3.63) is 28.2 Å². The molecule has 1 unspecified atom stereocenters. The van der Waals surface area contributed by atoms with Crippen LogP contribution < -0.4 is 5.32 Å². The molecule has 0 spiro atoms. The number of nitrogens with one attached hydrogen (secondary N) is 1. The lowest BCUT2D eigenvalue weighted by atomic mass is 10.2. The Labute approximate surface area is 98.5 Å². The Morgan fingerprint density at radius 2 is 2.31 bits per heavy atom. The fourth-order valence-corrected chi connectivity index (χ4v) is 2.47. The molecule has 0 bridgehead atoms. The lowest BCUT2D eigenvalue weighted by Crippen LogP contribution is -2.19. The summed E-state index contributed by atoms with van der Waals surface area (Å²) in [4.78, 5) is 9.74. The van der Waals surface area contributed by atoms with Crippen LogP contribution in [0.15, 0.2) is 12.5 Å². The Kier molecular flexibility index (Phi) is 3.31. The second-order valence-electron chi connectivity index (χ2n) is 3.63. The van der Waals surface area contributed by atoms with Crippen LogP contribution >= 0.6 is 11.3 Å². The van der Waals surface area contributed by atoms with Crippen molar-refractivity contribution in [1.82, 2.24) is 25.1 Å². The van der Waals surface area contributed by atoms with Crippen molar-refractivity contribution in [2.75, 3.05) is 7.05 Å². The van der Waals surface area contributed by atoms with Gasteiger partial charge in [-0.2, -0.15) is 5.10 Å². The zero-order valence-electron chi connectivity index (χ0n) is 9.64. The first kappa shape index (κ1) is 11.2. The summed E-state index contributed by atoms with van der Waals surface area (Å²) in [5, 5.41) is 8.45. The fourth-order valence-electron chi connectivity index (χ4n) is 1.57. The number of hydrogen-bond donors (Lipinski definition) is 1. The molecule has 86 valence electrons. The molecule has 0 saturated carbocycles. The van der Waals surface area contributed by atoms with E-state index in [1.807, 2.05) is 27.2 Å². The van der Waals surface area contributed by atoms with E-state index in [4.69, 9.17) is 0 Å². The van der Waals surface area contributed by atoms with E-state index in [0.717, 1.165) is 17.3 Å². The zero-order chi connectivity index (χ0) is 11.5. The number of nitrogens with zero attached hydrogens (tertiary/aromatic N) is 4. The van der Waals surface area contributed by atoms with Gasteiger partial charge in [0.15, 0.2) is 0 Å². The Bertz CT molecular complexity index is 461. The molecule has 0 aliphatic heterocycles. The minimum Gasteiger partial charge on any atom is -0.312 e. The first-order chi connectivity index (χ1) is 7.70. The second kappa shape index (κ2) is 4.71. The predicted molar refractivity (Wildman–Crippen MR) is 63.4 cm³/mol. The van der Waals surface area contributed by atoms with Crippen LogP contribution in [0, 0.1) is 6.92 Å². The SMILES string of the molecule is CNC(Cc1ncnn1C)c1cnc(C)s1. The Morgan fingerprint density at radius 3 is 2.81 bits per heavy atom. The molecule has 2 heterocycles. The highest BCUT2D eigenvalue weighted by Crippen LogP contribution is 2.22. The van der Waals surface area contributed by atoms with Gasteiger partial charge in [0.2, 0.25) is 0 Å². The van der Waals surface area contributed by atoms with Crippen LogP contribution in [0.25, 0.3) is 0 Å². The zero-order valence-corrected chi connectivity index (χ0v) is 10.5. The van der Waals surface area contributed by atoms with Gasteiger partial charge in [-0.1, -0.05) is 0 Å². The van der Waals surface area contributed by atoms with E-state index in [9.17, 15) is 0 Å². The van der Waals surface area contributed by atoms with E-state index in [1.54, 1.807) is 22.3 Å². The largest absolute Gasteiger partial charge is 0.312 e. The normalized spacial score (nSPS) is 12.9. The molecule has 2 aromatic heterocycles. The van der Waals surface area contributed by atoms with Gasteiger partial charge in [-0.25, -0.2) is 9.97 Å². The third-order valence-electron chi connectivity index (χ3n) is 2.52. The Morgan fingerprint density at radius 1 is 1.50 bits per heavy atom. The number of thiazole rings is 1. The molecule has 16 heavy (non-hydrogen) atoms. The first-order valence-electron chi connectivity index (χ1n) is 5.13. The van der Waals surface area contributed by atoms with Crippen molar-refractivity contribution in [2.24, 2.45) is 7.05 Å². The molecule has 0 radical (unpaired) electrons. The molecular weight excluding hydrogens is 222 g/mol. The van der Waals surface area contributed by atoms with Gasteiger partial charge in [0.1, 0.15) is 12.2 Å². The molecule has 2 rings (SSSR count). The lowest BCUT2D eigenvalue weighted by molar-refractivity contribution is 0.560. The van der Waals surface area contributed by atoms with Gasteiger partial charge < -0.3 is 5.32 Å². The minimum absolute atomic E-state index is 0.258. The lowest BCUT2D eigenvalue weighted by Gasteiger charge is -2.12. The smallest absolute Gasteiger partial charge is 0.138 e. The highest BCUT2D eigenvalue weighted by atomic mass is 32.1. The van der Waals surface area contributed by atoms with Crippen LogP contribution in [0.1, 0.15) is 21.8 Å². The van der Waals surface area contributed by atoms with Crippen molar-refractivity contribution in [3.63, 3.8) is 0 Å². The quantitative estimate of drug-likeness (QED) is 0.864. The van der Waals surface area contributed by atoms with Crippen molar-refractivity contribution in [1.29, 1.82) is 0 Å². The van der Waals surface area contributed by atoms with E-state index in [0.29, 0.717) is 0 Å². The summed E-state index contributed by atoms with van der Waals surface area (Å²) in [5.41, 5.74) is 0. The maximum Gasteiger partial charge on any atom is 0.138 e. The highest BCUT2D eigenvalue weighted by molar-refractivity contribution is 7.11. The van der Waals surface area contributed by atoms with Crippen LogP contribution in [0.5, 0.6) is 0 Å². The predicted octanol–water partition coefficient (Wildman–Crippen LogP) is 1.08. The average Bonchev–Trinajstić information content (AvgIpc) is 2.85.